The topological polar surface area (TPSA) is 114 Å². The molecule has 9 heteroatoms. The van der Waals surface area contributed by atoms with Gasteiger partial charge in [-0.3, -0.25) is 5.32 Å². The summed E-state index contributed by atoms with van der Waals surface area (Å²) in [7, 11) is 1.71. The summed E-state index contributed by atoms with van der Waals surface area (Å²) in [4.78, 5) is 0. The first-order valence-electron chi connectivity index (χ1n) is 22.9. The zero-order valence-corrected chi connectivity index (χ0v) is 35.5. The van der Waals surface area contributed by atoms with Crippen LogP contribution in [0.3, 0.4) is 0 Å². The van der Waals surface area contributed by atoms with E-state index in [2.05, 4.69) is 61.1 Å². The molecule has 1 aromatic heterocycles. The standard InChI is InChI=1S/C49H69N2O7/c1-30(37-11-12-38-46-39(16-19-49(37,38)3)48(2)18-15-34(52)25-33(48)26-41(46)53)9-14-45(54)50-20-7-5-6-8-22-56-47-36-28-51-21-17-32-24-43-44(58-29-57-43)27-35(32)40(51)23-31(36)10-13-42(47)55-4/h10,13,23-24,27-28,30,33-34,37-39,41,45-46,50,52-54H,5-9,11-12,14-22,25-26,29H2,1-4H3/q+1/t30-,33?,34+,37-,38+,39+,41+,45?,46+,48+,49-/m1/s1. The minimum Gasteiger partial charge on any atom is -0.493 e. The first-order chi connectivity index (χ1) is 28.1. The third-order valence-corrected chi connectivity index (χ3v) is 16.8. The third-order valence-electron chi connectivity index (χ3n) is 16.8. The minimum absolute atomic E-state index is 0.184. The smallest absolute Gasteiger partial charge is 0.231 e. The summed E-state index contributed by atoms with van der Waals surface area (Å²) in [5.41, 5.74) is 4.20. The van der Waals surface area contributed by atoms with Gasteiger partial charge in [0.05, 0.1) is 36.9 Å². The van der Waals surface area contributed by atoms with Crippen LogP contribution in [-0.4, -0.2) is 60.8 Å². The van der Waals surface area contributed by atoms with E-state index in [9.17, 15) is 15.3 Å². The molecule has 2 aliphatic heterocycles. The predicted molar refractivity (Wildman–Crippen MR) is 225 cm³/mol. The van der Waals surface area contributed by atoms with Crippen LogP contribution in [-0.2, 0) is 13.0 Å². The van der Waals surface area contributed by atoms with E-state index in [1.807, 2.05) is 6.07 Å². The van der Waals surface area contributed by atoms with Gasteiger partial charge in [-0.2, -0.15) is 4.57 Å². The van der Waals surface area contributed by atoms with Gasteiger partial charge in [0, 0.05) is 12.5 Å². The Labute approximate surface area is 345 Å². The molecule has 2 aromatic carbocycles. The molecule has 0 spiro atoms. The fraction of sp³-hybridized carbons (Fsp3) is 0.694. The summed E-state index contributed by atoms with van der Waals surface area (Å²) in [5.74, 6) is 6.47. The van der Waals surface area contributed by atoms with Crippen LogP contribution in [0.4, 0.5) is 0 Å². The van der Waals surface area contributed by atoms with Crippen LogP contribution in [0, 0.1) is 46.3 Å². The first-order valence-corrected chi connectivity index (χ1v) is 22.9. The molecule has 11 atom stereocenters. The van der Waals surface area contributed by atoms with E-state index in [-0.39, 0.29) is 29.8 Å². The van der Waals surface area contributed by atoms with Gasteiger partial charge in [0.2, 0.25) is 12.5 Å². The largest absolute Gasteiger partial charge is 0.493 e. The van der Waals surface area contributed by atoms with Crippen molar-refractivity contribution < 1.29 is 38.8 Å². The van der Waals surface area contributed by atoms with Gasteiger partial charge in [-0.25, -0.2) is 0 Å². The Hall–Kier alpha value is -3.11. The molecule has 9 nitrogen and oxygen atoms in total. The molecule has 9 rings (SSSR count). The van der Waals surface area contributed by atoms with Crippen LogP contribution in [0.15, 0.2) is 36.5 Å². The Kier molecular flexibility index (Phi) is 11.4. The Balaban J connectivity index is 0.711. The summed E-state index contributed by atoms with van der Waals surface area (Å²) in [5, 5.41) is 38.6. The molecule has 4 N–H and O–H groups in total. The van der Waals surface area contributed by atoms with E-state index in [4.69, 9.17) is 18.9 Å². The number of aliphatic hydroxyl groups excluding tert-OH is 3. The number of aromatic nitrogens is 1. The van der Waals surface area contributed by atoms with Gasteiger partial charge >= 0.3 is 0 Å². The molecule has 58 heavy (non-hydrogen) atoms. The van der Waals surface area contributed by atoms with Crippen LogP contribution in [0.2, 0.25) is 0 Å². The van der Waals surface area contributed by atoms with Crippen molar-refractivity contribution in [3.05, 3.63) is 42.1 Å². The number of hydrogen-bond donors (Lipinski definition) is 4. The Morgan fingerprint density at radius 3 is 2.55 bits per heavy atom. The quantitative estimate of drug-likeness (QED) is 0.0732. The summed E-state index contributed by atoms with van der Waals surface area (Å²) < 4.78 is 25.9. The number of ether oxygens (including phenoxy) is 4. The summed E-state index contributed by atoms with van der Waals surface area (Å²) in [6, 6.07) is 10.6. The van der Waals surface area contributed by atoms with Crippen molar-refractivity contribution in [3.8, 4) is 34.3 Å². The number of fused-ring (bicyclic) bond motifs is 10. The maximum Gasteiger partial charge on any atom is 0.231 e. The van der Waals surface area contributed by atoms with Crippen molar-refractivity contribution in [1.29, 1.82) is 0 Å². The van der Waals surface area contributed by atoms with Crippen molar-refractivity contribution >= 4 is 10.8 Å². The lowest BCUT2D eigenvalue weighted by molar-refractivity contribution is -0.686. The summed E-state index contributed by atoms with van der Waals surface area (Å²) in [6.45, 7) is 10.1. The van der Waals surface area contributed by atoms with Crippen LogP contribution in [0.5, 0.6) is 23.0 Å². The third kappa shape index (κ3) is 7.28. The number of benzene rings is 2. The zero-order valence-electron chi connectivity index (χ0n) is 35.5. The molecule has 0 bridgehead atoms. The highest BCUT2D eigenvalue weighted by Crippen LogP contribution is 2.68. The van der Waals surface area contributed by atoms with Crippen molar-refractivity contribution in [2.24, 2.45) is 46.3 Å². The van der Waals surface area contributed by atoms with Gasteiger partial charge in [0.25, 0.3) is 0 Å². The molecule has 3 aromatic rings. The highest BCUT2D eigenvalue weighted by molar-refractivity contribution is 5.91. The van der Waals surface area contributed by atoms with E-state index >= 15 is 0 Å². The average Bonchev–Trinajstić information content (AvgIpc) is 3.83. The van der Waals surface area contributed by atoms with E-state index in [1.54, 1.807) is 7.11 Å². The SMILES string of the molecule is COc1ccc2cc3[n+](cc2c1OCCCCCCNC(O)CC[C@@H](C)[C@H]1CC[C@H]2[C@@H]4[C@@H](O)CC5C[C@@H](O)CC[C@]5(C)[C@H]4CC[C@]12C)CCc1cc2c(cc1-3)OCO2. The van der Waals surface area contributed by atoms with E-state index in [0.717, 1.165) is 117 Å². The first kappa shape index (κ1) is 40.3. The second-order valence-corrected chi connectivity index (χ2v) is 19.8. The highest BCUT2D eigenvalue weighted by Gasteiger charge is 2.62. The molecular formula is C49H69N2O7+. The fourth-order valence-electron chi connectivity index (χ4n) is 13.6. The minimum atomic E-state index is -0.468. The Bertz CT molecular complexity index is 1950. The lowest BCUT2D eigenvalue weighted by Gasteiger charge is -2.62. The Morgan fingerprint density at radius 2 is 1.71 bits per heavy atom. The fourth-order valence-corrected chi connectivity index (χ4v) is 13.6. The number of aliphatic hydroxyl groups is 3. The van der Waals surface area contributed by atoms with Crippen LogP contribution >= 0.6 is 0 Å². The van der Waals surface area contributed by atoms with E-state index in [1.165, 1.54) is 42.5 Å². The molecule has 3 heterocycles. The normalized spacial score (nSPS) is 33.1. The second kappa shape index (κ2) is 16.4. The highest BCUT2D eigenvalue weighted by atomic mass is 16.7. The predicted octanol–water partition coefficient (Wildman–Crippen LogP) is 8.34. The van der Waals surface area contributed by atoms with Crippen molar-refractivity contribution in [1.82, 2.24) is 5.32 Å². The lowest BCUT2D eigenvalue weighted by Crippen LogP contribution is -2.58. The van der Waals surface area contributed by atoms with E-state index in [0.29, 0.717) is 42.1 Å². The summed E-state index contributed by atoms with van der Waals surface area (Å²) >= 11 is 0. The zero-order chi connectivity index (χ0) is 40.2. The number of unbranched alkanes of at least 4 members (excludes halogenated alkanes) is 3. The van der Waals surface area contributed by atoms with Gasteiger partial charge in [-0.15, -0.1) is 0 Å². The van der Waals surface area contributed by atoms with Gasteiger partial charge in [-0.1, -0.05) is 33.6 Å². The maximum absolute atomic E-state index is 11.6. The molecule has 4 fully saturated rings. The van der Waals surface area contributed by atoms with Gasteiger partial charge in [-0.05, 0) is 165 Å². The molecule has 0 saturated heterocycles. The van der Waals surface area contributed by atoms with Crippen molar-refractivity contribution in [3.63, 3.8) is 0 Å². The monoisotopic (exact) mass is 798 g/mol. The number of hydrogen-bond acceptors (Lipinski definition) is 8. The lowest BCUT2D eigenvalue weighted by atomic mass is 9.43. The number of pyridine rings is 1. The second-order valence-electron chi connectivity index (χ2n) is 19.8. The van der Waals surface area contributed by atoms with Crippen molar-refractivity contribution in [2.75, 3.05) is 27.1 Å². The van der Waals surface area contributed by atoms with Crippen LogP contribution in [0.25, 0.3) is 22.0 Å². The average molecular weight is 798 g/mol. The van der Waals surface area contributed by atoms with Crippen LogP contribution < -0.4 is 28.8 Å². The number of nitrogens with zero attached hydrogens (tertiary/aromatic N) is 1. The van der Waals surface area contributed by atoms with Crippen molar-refractivity contribution in [2.45, 2.75) is 142 Å². The molecule has 4 saturated carbocycles. The molecule has 4 aliphatic carbocycles. The maximum atomic E-state index is 11.6. The van der Waals surface area contributed by atoms with Gasteiger partial charge in [0.1, 0.15) is 6.23 Å². The molecule has 0 amide bonds. The summed E-state index contributed by atoms with van der Waals surface area (Å²) in [6.07, 6.45) is 17.0. The van der Waals surface area contributed by atoms with E-state index < -0.39 is 6.23 Å². The Morgan fingerprint density at radius 1 is 0.914 bits per heavy atom. The molecule has 2 unspecified atom stereocenters. The number of methoxy groups -OCH3 is 1. The number of aryl methyl sites for hydroxylation is 2. The van der Waals surface area contributed by atoms with Gasteiger partial charge < -0.3 is 34.3 Å². The van der Waals surface area contributed by atoms with Gasteiger partial charge in [0.15, 0.2) is 35.7 Å². The molecule has 316 valence electrons. The van der Waals surface area contributed by atoms with Crippen LogP contribution in [0.1, 0.15) is 116 Å². The number of rotatable bonds is 14. The molecular weight excluding hydrogens is 729 g/mol. The number of nitrogens with one attached hydrogen (secondary N) is 1. The molecule has 6 aliphatic rings. The molecule has 0 radical (unpaired) electrons.